The normalized spacial score (nSPS) is 30.9. The topological polar surface area (TPSA) is 55.1 Å². The van der Waals surface area contributed by atoms with Crippen LogP contribution in [-0.2, 0) is 4.79 Å². The molecule has 1 aromatic rings. The van der Waals surface area contributed by atoms with Crippen molar-refractivity contribution in [3.05, 3.63) is 29.8 Å². The maximum atomic E-state index is 13.5. The molecule has 0 heterocycles. The van der Waals surface area contributed by atoms with Crippen molar-refractivity contribution >= 4 is 24.0 Å². The van der Waals surface area contributed by atoms with Gasteiger partial charge in [0, 0.05) is 12.1 Å². The zero-order chi connectivity index (χ0) is 13.6. The van der Waals surface area contributed by atoms with Gasteiger partial charge < -0.3 is 11.1 Å². The summed E-state index contributed by atoms with van der Waals surface area (Å²) in [6.45, 7) is 0. The van der Waals surface area contributed by atoms with Gasteiger partial charge in [-0.2, -0.15) is 0 Å². The molecular formula is C14H17ClF2N2O. The zero-order valence-corrected chi connectivity index (χ0v) is 11.6. The minimum atomic E-state index is -0.759. The van der Waals surface area contributed by atoms with Crippen molar-refractivity contribution in [2.24, 2.45) is 23.5 Å². The molecular weight excluding hydrogens is 286 g/mol. The summed E-state index contributed by atoms with van der Waals surface area (Å²) in [7, 11) is 0. The van der Waals surface area contributed by atoms with Gasteiger partial charge in [-0.15, -0.1) is 12.4 Å². The van der Waals surface area contributed by atoms with Crippen LogP contribution in [0.2, 0.25) is 0 Å². The van der Waals surface area contributed by atoms with Crippen molar-refractivity contribution < 1.29 is 13.6 Å². The Labute approximate surface area is 122 Å². The Balaban J connectivity index is 0.00000147. The fraction of sp³-hybridized carbons (Fsp3) is 0.500. The predicted molar refractivity (Wildman–Crippen MR) is 74.5 cm³/mol. The first kappa shape index (κ1) is 15.2. The number of anilines is 1. The Kier molecular flexibility index (Phi) is 4.30. The molecule has 2 aliphatic rings. The van der Waals surface area contributed by atoms with Crippen LogP contribution in [0.1, 0.15) is 19.3 Å². The maximum absolute atomic E-state index is 13.5. The summed E-state index contributed by atoms with van der Waals surface area (Å²) in [6, 6.07) is 2.99. The SMILES string of the molecule is Cl.NC1C2CCC(C2)C1C(=O)Nc1ccc(F)cc1F. The van der Waals surface area contributed by atoms with Gasteiger partial charge in [0.05, 0.1) is 11.6 Å². The Morgan fingerprint density at radius 3 is 2.55 bits per heavy atom. The predicted octanol–water partition coefficient (Wildman–Crippen LogP) is 2.70. The van der Waals surface area contributed by atoms with E-state index in [1.54, 1.807) is 0 Å². The molecule has 20 heavy (non-hydrogen) atoms. The van der Waals surface area contributed by atoms with E-state index >= 15 is 0 Å². The van der Waals surface area contributed by atoms with E-state index in [4.69, 9.17) is 5.73 Å². The van der Waals surface area contributed by atoms with Crippen LogP contribution in [0, 0.1) is 29.4 Å². The summed E-state index contributed by atoms with van der Waals surface area (Å²) in [4.78, 5) is 12.2. The summed E-state index contributed by atoms with van der Waals surface area (Å²) in [5, 5.41) is 2.53. The molecule has 0 spiro atoms. The average molecular weight is 303 g/mol. The average Bonchev–Trinajstić information content (AvgIpc) is 2.93. The van der Waals surface area contributed by atoms with Crippen LogP contribution in [0.25, 0.3) is 0 Å². The molecule has 110 valence electrons. The van der Waals surface area contributed by atoms with Crippen LogP contribution in [0.3, 0.4) is 0 Å². The monoisotopic (exact) mass is 302 g/mol. The number of benzene rings is 1. The molecule has 3 nitrogen and oxygen atoms in total. The molecule has 3 N–H and O–H groups in total. The van der Waals surface area contributed by atoms with Crippen molar-refractivity contribution in [3.8, 4) is 0 Å². The summed E-state index contributed by atoms with van der Waals surface area (Å²) in [6.07, 6.45) is 3.09. The number of carbonyl (C=O) groups is 1. The maximum Gasteiger partial charge on any atom is 0.229 e. The third kappa shape index (κ3) is 2.52. The highest BCUT2D eigenvalue weighted by Crippen LogP contribution is 2.47. The van der Waals surface area contributed by atoms with E-state index in [1.165, 1.54) is 6.07 Å². The minimum Gasteiger partial charge on any atom is -0.327 e. The first-order valence-corrected chi connectivity index (χ1v) is 6.58. The first-order valence-electron chi connectivity index (χ1n) is 6.58. The largest absolute Gasteiger partial charge is 0.327 e. The molecule has 4 unspecified atom stereocenters. The minimum absolute atomic E-state index is 0. The summed E-state index contributed by atoms with van der Waals surface area (Å²) in [5.74, 6) is -1.19. The molecule has 2 aliphatic carbocycles. The van der Waals surface area contributed by atoms with Gasteiger partial charge in [-0.05, 0) is 43.2 Å². The van der Waals surface area contributed by atoms with Gasteiger partial charge in [-0.25, -0.2) is 8.78 Å². The molecule has 3 rings (SSSR count). The van der Waals surface area contributed by atoms with Crippen LogP contribution < -0.4 is 11.1 Å². The number of rotatable bonds is 2. The molecule has 0 aliphatic heterocycles. The number of nitrogens with one attached hydrogen (secondary N) is 1. The van der Waals surface area contributed by atoms with Gasteiger partial charge in [0.25, 0.3) is 0 Å². The van der Waals surface area contributed by atoms with E-state index < -0.39 is 11.6 Å². The zero-order valence-electron chi connectivity index (χ0n) is 10.8. The molecule has 4 atom stereocenters. The van der Waals surface area contributed by atoms with E-state index in [9.17, 15) is 13.6 Å². The van der Waals surface area contributed by atoms with Crippen LogP contribution in [0.4, 0.5) is 14.5 Å². The summed E-state index contributed by atoms with van der Waals surface area (Å²) < 4.78 is 26.3. The molecule has 0 saturated heterocycles. The van der Waals surface area contributed by atoms with Crippen LogP contribution in [0.15, 0.2) is 18.2 Å². The lowest BCUT2D eigenvalue weighted by molar-refractivity contribution is -0.121. The fourth-order valence-corrected chi connectivity index (χ4v) is 3.53. The molecule has 1 aromatic carbocycles. The smallest absolute Gasteiger partial charge is 0.229 e. The molecule has 2 fully saturated rings. The Hall–Kier alpha value is -1.20. The number of hydrogen-bond acceptors (Lipinski definition) is 2. The molecule has 2 saturated carbocycles. The second kappa shape index (κ2) is 5.66. The summed E-state index contributed by atoms with van der Waals surface area (Å²) >= 11 is 0. The second-order valence-corrected chi connectivity index (χ2v) is 5.55. The van der Waals surface area contributed by atoms with Crippen LogP contribution in [0.5, 0.6) is 0 Å². The van der Waals surface area contributed by atoms with Gasteiger partial charge in [-0.3, -0.25) is 4.79 Å². The van der Waals surface area contributed by atoms with Crippen molar-refractivity contribution in [2.45, 2.75) is 25.3 Å². The molecule has 0 aromatic heterocycles. The standard InChI is InChI=1S/C14H16F2N2O.ClH/c15-9-3-4-11(10(16)6-9)18-14(19)12-7-1-2-8(5-7)13(12)17;/h3-4,6-8,12-13H,1-2,5,17H2,(H,18,19);1H. The molecule has 0 radical (unpaired) electrons. The number of fused-ring (bicyclic) bond motifs is 2. The van der Waals surface area contributed by atoms with E-state index in [0.717, 1.165) is 31.4 Å². The van der Waals surface area contributed by atoms with Crippen molar-refractivity contribution in [1.82, 2.24) is 0 Å². The van der Waals surface area contributed by atoms with Gasteiger partial charge in [0.1, 0.15) is 11.6 Å². The first-order chi connectivity index (χ1) is 9.06. The van der Waals surface area contributed by atoms with Crippen LogP contribution in [-0.4, -0.2) is 11.9 Å². The Bertz CT molecular complexity index is 524. The molecule has 2 bridgehead atoms. The quantitative estimate of drug-likeness (QED) is 0.882. The Morgan fingerprint density at radius 2 is 1.95 bits per heavy atom. The lowest BCUT2D eigenvalue weighted by atomic mass is 9.84. The Morgan fingerprint density at radius 1 is 1.25 bits per heavy atom. The highest BCUT2D eigenvalue weighted by atomic mass is 35.5. The fourth-order valence-electron chi connectivity index (χ4n) is 3.53. The van der Waals surface area contributed by atoms with E-state index in [1.807, 2.05) is 0 Å². The van der Waals surface area contributed by atoms with Crippen molar-refractivity contribution in [1.29, 1.82) is 0 Å². The summed E-state index contributed by atoms with van der Waals surface area (Å²) in [5.41, 5.74) is 6.08. The highest BCUT2D eigenvalue weighted by Gasteiger charge is 2.49. The number of carbonyl (C=O) groups excluding carboxylic acids is 1. The number of halogens is 3. The van der Waals surface area contributed by atoms with Crippen molar-refractivity contribution in [3.63, 3.8) is 0 Å². The number of nitrogens with two attached hydrogens (primary N) is 1. The van der Waals surface area contributed by atoms with Gasteiger partial charge in [0.15, 0.2) is 0 Å². The lowest BCUT2D eigenvalue weighted by Crippen LogP contribution is -2.42. The molecule has 1 amide bonds. The molecule has 6 heteroatoms. The van der Waals surface area contributed by atoms with E-state index in [0.29, 0.717) is 11.8 Å². The van der Waals surface area contributed by atoms with E-state index in [-0.39, 0.29) is 36.0 Å². The third-order valence-corrected chi connectivity index (χ3v) is 4.47. The highest BCUT2D eigenvalue weighted by molar-refractivity contribution is 5.93. The van der Waals surface area contributed by atoms with Gasteiger partial charge in [-0.1, -0.05) is 0 Å². The number of hydrogen-bond donors (Lipinski definition) is 2. The second-order valence-electron chi connectivity index (χ2n) is 5.55. The third-order valence-electron chi connectivity index (χ3n) is 4.47. The number of amides is 1. The lowest BCUT2D eigenvalue weighted by Gasteiger charge is -2.27. The van der Waals surface area contributed by atoms with Gasteiger partial charge >= 0.3 is 0 Å². The van der Waals surface area contributed by atoms with Crippen LogP contribution >= 0.6 is 12.4 Å². The van der Waals surface area contributed by atoms with Crippen molar-refractivity contribution in [2.75, 3.05) is 5.32 Å². The van der Waals surface area contributed by atoms with Gasteiger partial charge in [0.2, 0.25) is 5.91 Å². The van der Waals surface area contributed by atoms with E-state index in [2.05, 4.69) is 5.32 Å².